The van der Waals surface area contributed by atoms with Crippen molar-refractivity contribution in [3.05, 3.63) is 98.7 Å². The normalized spacial score (nSPS) is 25.4. The molecule has 2 aromatic carbocycles. The maximum Gasteiger partial charge on any atom is 0.271 e. The van der Waals surface area contributed by atoms with Crippen molar-refractivity contribution in [2.75, 3.05) is 18.1 Å². The highest BCUT2D eigenvalue weighted by atomic mass is 16.6. The van der Waals surface area contributed by atoms with Gasteiger partial charge in [-0.05, 0) is 43.9 Å². The molecule has 4 aliphatic rings. The largest absolute Gasteiger partial charge is 0.491 e. The van der Waals surface area contributed by atoms with Crippen LogP contribution >= 0.6 is 0 Å². The molecular weight excluding hydrogens is 528 g/mol. The molecule has 1 fully saturated rings. The van der Waals surface area contributed by atoms with Crippen molar-refractivity contribution in [2.24, 2.45) is 17.8 Å². The Kier molecular flexibility index (Phi) is 6.50. The molecule has 0 bridgehead atoms. The van der Waals surface area contributed by atoms with Crippen molar-refractivity contribution < 1.29 is 33.9 Å². The first-order valence-corrected chi connectivity index (χ1v) is 13.4. The molecule has 0 unspecified atom stereocenters. The van der Waals surface area contributed by atoms with Crippen LogP contribution in [0.4, 0.5) is 11.4 Å². The van der Waals surface area contributed by atoms with Gasteiger partial charge in [0.15, 0.2) is 11.6 Å². The van der Waals surface area contributed by atoms with Crippen LogP contribution in [0.5, 0.6) is 5.75 Å². The molecule has 6 rings (SSSR count). The number of ketones is 2. The van der Waals surface area contributed by atoms with Crippen LogP contribution in [0, 0.1) is 27.9 Å². The second-order valence-corrected chi connectivity index (χ2v) is 10.6. The summed E-state index contributed by atoms with van der Waals surface area (Å²) in [6.45, 7) is 1.41. The van der Waals surface area contributed by atoms with E-state index in [1.165, 1.54) is 30.3 Å². The van der Waals surface area contributed by atoms with E-state index in [0.29, 0.717) is 28.0 Å². The molecule has 2 aromatic rings. The molecule has 1 saturated heterocycles. The van der Waals surface area contributed by atoms with Gasteiger partial charge in [0.05, 0.1) is 29.1 Å². The topological polar surface area (TPSA) is 144 Å². The number of amides is 2. The number of nitro benzene ring substituents is 1. The number of carbonyl (C=O) groups excluding carboxylic acids is 4. The molecule has 0 aromatic heterocycles. The number of hydrogen-bond acceptors (Lipinski definition) is 8. The maximum absolute atomic E-state index is 14.0. The third kappa shape index (κ3) is 4.13. The molecule has 4 atom stereocenters. The first-order chi connectivity index (χ1) is 19.7. The van der Waals surface area contributed by atoms with Crippen molar-refractivity contribution in [1.82, 2.24) is 0 Å². The molecule has 0 radical (unpaired) electrons. The van der Waals surface area contributed by atoms with E-state index in [0.717, 1.165) is 10.5 Å². The third-order valence-electron chi connectivity index (χ3n) is 8.44. The lowest BCUT2D eigenvalue weighted by molar-refractivity contribution is -0.384. The Balaban J connectivity index is 1.47. The second kappa shape index (κ2) is 10.0. The fourth-order valence-electron chi connectivity index (χ4n) is 6.72. The number of para-hydroxylation sites is 1. The Bertz CT molecular complexity index is 1630. The Morgan fingerprint density at radius 1 is 1.05 bits per heavy atom. The number of carbonyl (C=O) groups is 4. The molecule has 10 nitrogen and oxygen atoms in total. The lowest BCUT2D eigenvalue weighted by atomic mass is 9.59. The molecule has 0 saturated carbocycles. The van der Waals surface area contributed by atoms with E-state index in [1.807, 2.05) is 6.08 Å². The summed E-state index contributed by atoms with van der Waals surface area (Å²) >= 11 is 0. The number of imide groups is 1. The van der Waals surface area contributed by atoms with Gasteiger partial charge >= 0.3 is 0 Å². The molecule has 2 amide bonds. The lowest BCUT2D eigenvalue weighted by Gasteiger charge is -2.42. The van der Waals surface area contributed by atoms with Crippen LogP contribution in [0.25, 0.3) is 0 Å². The van der Waals surface area contributed by atoms with Crippen LogP contribution in [-0.4, -0.2) is 46.6 Å². The van der Waals surface area contributed by atoms with Crippen LogP contribution < -0.4 is 9.64 Å². The molecular formula is C31H26N2O8. The molecule has 10 heteroatoms. The van der Waals surface area contributed by atoms with E-state index in [4.69, 9.17) is 4.74 Å². The zero-order valence-corrected chi connectivity index (χ0v) is 22.1. The minimum absolute atomic E-state index is 0.0276. The van der Waals surface area contributed by atoms with Crippen molar-refractivity contribution >= 4 is 34.8 Å². The molecule has 1 heterocycles. The minimum Gasteiger partial charge on any atom is -0.491 e. The zero-order chi connectivity index (χ0) is 29.0. The van der Waals surface area contributed by atoms with Crippen molar-refractivity contribution in [3.63, 3.8) is 0 Å². The number of non-ortho nitro benzene ring substituents is 1. The van der Waals surface area contributed by atoms with E-state index < -0.39 is 40.4 Å². The van der Waals surface area contributed by atoms with Gasteiger partial charge in [-0.3, -0.25) is 29.3 Å². The number of aliphatic hydroxyl groups excluding tert-OH is 1. The zero-order valence-electron chi connectivity index (χ0n) is 22.1. The number of benzene rings is 2. The van der Waals surface area contributed by atoms with E-state index in [1.54, 1.807) is 31.2 Å². The van der Waals surface area contributed by atoms with E-state index in [9.17, 15) is 34.4 Å². The van der Waals surface area contributed by atoms with Gasteiger partial charge in [-0.2, -0.15) is 0 Å². The molecule has 1 aliphatic heterocycles. The van der Waals surface area contributed by atoms with Crippen molar-refractivity contribution in [2.45, 2.75) is 25.7 Å². The van der Waals surface area contributed by atoms with Gasteiger partial charge < -0.3 is 9.84 Å². The highest BCUT2D eigenvalue weighted by Gasteiger charge is 2.57. The molecule has 3 aliphatic carbocycles. The summed E-state index contributed by atoms with van der Waals surface area (Å²) < 4.78 is 5.82. The fraction of sp³-hybridized carbons (Fsp3) is 0.290. The van der Waals surface area contributed by atoms with Gasteiger partial charge in [0, 0.05) is 40.3 Å². The minimum atomic E-state index is -0.807. The van der Waals surface area contributed by atoms with Gasteiger partial charge in [-0.1, -0.05) is 35.9 Å². The Morgan fingerprint density at radius 3 is 2.59 bits per heavy atom. The van der Waals surface area contributed by atoms with Crippen molar-refractivity contribution in [1.29, 1.82) is 0 Å². The third-order valence-corrected chi connectivity index (χ3v) is 8.44. The molecule has 208 valence electrons. The van der Waals surface area contributed by atoms with Crippen LogP contribution in [-0.2, 0) is 19.2 Å². The highest BCUT2D eigenvalue weighted by Crippen LogP contribution is 2.56. The lowest BCUT2D eigenvalue weighted by Crippen LogP contribution is -2.40. The number of anilines is 1. The van der Waals surface area contributed by atoms with E-state index in [2.05, 4.69) is 0 Å². The Hall–Kier alpha value is -4.70. The summed E-state index contributed by atoms with van der Waals surface area (Å²) in [7, 11) is 0. The second-order valence-electron chi connectivity index (χ2n) is 10.6. The summed E-state index contributed by atoms with van der Waals surface area (Å²) in [6, 6.07) is 12.5. The molecule has 1 N–H and O–H groups in total. The summed E-state index contributed by atoms with van der Waals surface area (Å²) in [5, 5.41) is 20.7. The number of hydrogen-bond donors (Lipinski definition) is 1. The van der Waals surface area contributed by atoms with Gasteiger partial charge in [0.1, 0.15) is 12.4 Å². The van der Waals surface area contributed by atoms with Crippen LogP contribution in [0.2, 0.25) is 0 Å². The Labute approximate surface area is 234 Å². The quantitative estimate of drug-likeness (QED) is 0.188. The number of Topliss-reactive ketones (excluding diaryl/α,β-unsaturated/α-hetero) is 1. The number of rotatable bonds is 6. The summed E-state index contributed by atoms with van der Waals surface area (Å²) in [5.74, 6) is -3.78. The summed E-state index contributed by atoms with van der Waals surface area (Å²) in [4.78, 5) is 66.3. The maximum atomic E-state index is 14.0. The summed E-state index contributed by atoms with van der Waals surface area (Å²) in [5.41, 5.74) is 2.28. The van der Waals surface area contributed by atoms with E-state index >= 15 is 0 Å². The first-order valence-electron chi connectivity index (χ1n) is 13.4. The number of ether oxygens (including phenoxy) is 1. The predicted molar refractivity (Wildman–Crippen MR) is 146 cm³/mol. The fourth-order valence-corrected chi connectivity index (χ4v) is 6.72. The van der Waals surface area contributed by atoms with Crippen LogP contribution in [0.15, 0.2) is 83.0 Å². The SMILES string of the molecule is CC1=CC(=O)C2=C(C1=O)[C@@H](c1ccccc1OCCO)C1=CC[C@@H]3C(=O)N(c4cccc([N+](=O)[O-])c4)C(=O)[C@@H]3[C@@H]1C2. The monoisotopic (exact) mass is 554 g/mol. The van der Waals surface area contributed by atoms with Crippen LogP contribution in [0.3, 0.4) is 0 Å². The predicted octanol–water partition coefficient (Wildman–Crippen LogP) is 3.60. The molecule has 0 spiro atoms. The smallest absolute Gasteiger partial charge is 0.271 e. The standard InChI is InChI=1S/C31H26N2O8/c1-16-13-24(35)23-15-22-19(26(28(23)29(16)36)20-7-2-3-8-25(20)41-12-11-34)9-10-21-27(22)31(38)32(30(21)37)17-5-4-6-18(14-17)33(39)40/h2-9,13-14,21-22,26-27,34H,10-12,15H2,1H3/t21-,22+,26+,27-/m0/s1. The van der Waals surface area contributed by atoms with Gasteiger partial charge in [-0.25, -0.2) is 4.90 Å². The number of fused-ring (bicyclic) bond motifs is 3. The summed E-state index contributed by atoms with van der Waals surface area (Å²) in [6.07, 6.45) is 3.58. The van der Waals surface area contributed by atoms with Crippen LogP contribution in [0.1, 0.15) is 31.2 Å². The van der Waals surface area contributed by atoms with Gasteiger partial charge in [0.25, 0.3) is 5.69 Å². The van der Waals surface area contributed by atoms with Gasteiger partial charge in [-0.15, -0.1) is 0 Å². The number of nitrogens with zero attached hydrogens (tertiary/aromatic N) is 2. The van der Waals surface area contributed by atoms with Gasteiger partial charge in [0.2, 0.25) is 11.8 Å². The van der Waals surface area contributed by atoms with Crippen molar-refractivity contribution in [3.8, 4) is 5.75 Å². The number of nitro groups is 1. The average molecular weight is 555 g/mol. The molecule has 41 heavy (non-hydrogen) atoms. The first kappa shape index (κ1) is 26.5. The highest BCUT2D eigenvalue weighted by molar-refractivity contribution is 6.25. The number of aliphatic hydroxyl groups is 1. The number of allylic oxidation sites excluding steroid dienone is 6. The average Bonchev–Trinajstić information content (AvgIpc) is 3.23. The Morgan fingerprint density at radius 2 is 1.83 bits per heavy atom. The van der Waals surface area contributed by atoms with E-state index in [-0.39, 0.29) is 49.0 Å².